The van der Waals surface area contributed by atoms with Gasteiger partial charge in [-0.05, 0) is 49.4 Å². The Morgan fingerprint density at radius 2 is 1.95 bits per heavy atom. The normalized spacial score (nSPS) is 13.4. The first-order valence-electron chi connectivity index (χ1n) is 7.32. The molecule has 0 fully saturated rings. The zero-order valence-corrected chi connectivity index (χ0v) is 13.3. The monoisotopic (exact) mass is 263 g/mol. The summed E-state index contributed by atoms with van der Waals surface area (Å²) in [6.07, 6.45) is 1.03. The van der Waals surface area contributed by atoms with Crippen LogP contribution in [-0.4, -0.2) is 19.2 Å². The lowest BCUT2D eigenvalue weighted by Gasteiger charge is -2.23. The molecule has 0 aromatic heterocycles. The highest BCUT2D eigenvalue weighted by Gasteiger charge is 2.19. The van der Waals surface area contributed by atoms with Gasteiger partial charge >= 0.3 is 0 Å². The van der Waals surface area contributed by atoms with Crippen LogP contribution in [0.5, 0.6) is 5.75 Å². The summed E-state index contributed by atoms with van der Waals surface area (Å²) in [4.78, 5) is 0. The summed E-state index contributed by atoms with van der Waals surface area (Å²) in [5.41, 5.74) is 2.66. The summed E-state index contributed by atoms with van der Waals surface area (Å²) in [5, 5.41) is 3.41. The Bertz CT molecular complexity index is 393. The molecule has 1 atom stereocenters. The molecule has 2 nitrogen and oxygen atoms in total. The molecule has 0 aliphatic carbocycles. The van der Waals surface area contributed by atoms with Gasteiger partial charge in [-0.25, -0.2) is 0 Å². The van der Waals surface area contributed by atoms with Crippen LogP contribution in [0.1, 0.15) is 52.2 Å². The molecular weight excluding hydrogens is 234 g/mol. The van der Waals surface area contributed by atoms with Gasteiger partial charge in [0, 0.05) is 6.04 Å². The van der Waals surface area contributed by atoms with Crippen molar-refractivity contribution >= 4 is 0 Å². The van der Waals surface area contributed by atoms with Crippen molar-refractivity contribution in [2.75, 3.05) is 13.2 Å². The Hall–Kier alpha value is -1.02. The van der Waals surface area contributed by atoms with Crippen LogP contribution in [-0.2, 0) is 5.41 Å². The topological polar surface area (TPSA) is 21.3 Å². The summed E-state index contributed by atoms with van der Waals surface area (Å²) in [6.45, 7) is 14.9. The molecule has 19 heavy (non-hydrogen) atoms. The van der Waals surface area contributed by atoms with Crippen molar-refractivity contribution in [3.63, 3.8) is 0 Å². The molecule has 1 aromatic rings. The molecule has 108 valence electrons. The zero-order chi connectivity index (χ0) is 14.5. The van der Waals surface area contributed by atoms with Gasteiger partial charge in [0.25, 0.3) is 0 Å². The van der Waals surface area contributed by atoms with Gasteiger partial charge < -0.3 is 10.1 Å². The maximum absolute atomic E-state index is 6.02. The zero-order valence-electron chi connectivity index (χ0n) is 13.3. The van der Waals surface area contributed by atoms with Crippen LogP contribution in [0.4, 0.5) is 0 Å². The maximum Gasteiger partial charge on any atom is 0.123 e. The van der Waals surface area contributed by atoms with Crippen molar-refractivity contribution in [3.8, 4) is 5.75 Å². The Kier molecular flexibility index (Phi) is 5.86. The van der Waals surface area contributed by atoms with E-state index in [4.69, 9.17) is 4.74 Å². The Morgan fingerprint density at radius 1 is 1.26 bits per heavy atom. The van der Waals surface area contributed by atoms with Gasteiger partial charge in [-0.15, -0.1) is 0 Å². The SMILES string of the molecule is CCNC(C)CCOc1cc(C)ccc1C(C)(C)C. The Balaban J connectivity index is 2.69. The Labute approximate surface area is 118 Å². The smallest absolute Gasteiger partial charge is 0.123 e. The highest BCUT2D eigenvalue weighted by molar-refractivity contribution is 5.41. The summed E-state index contributed by atoms with van der Waals surface area (Å²) in [6, 6.07) is 7.01. The van der Waals surface area contributed by atoms with E-state index in [9.17, 15) is 0 Å². The molecular formula is C17H29NO. The number of ether oxygens (including phenoxy) is 1. The fraction of sp³-hybridized carbons (Fsp3) is 0.647. The quantitative estimate of drug-likeness (QED) is 0.835. The lowest BCUT2D eigenvalue weighted by Crippen LogP contribution is -2.27. The molecule has 0 amide bonds. The molecule has 0 bridgehead atoms. The summed E-state index contributed by atoms with van der Waals surface area (Å²) >= 11 is 0. The molecule has 1 aromatic carbocycles. The van der Waals surface area contributed by atoms with Crippen LogP contribution < -0.4 is 10.1 Å². The van der Waals surface area contributed by atoms with Crippen LogP contribution in [0.15, 0.2) is 18.2 Å². The number of benzene rings is 1. The second-order valence-electron chi connectivity index (χ2n) is 6.35. The number of rotatable bonds is 6. The van der Waals surface area contributed by atoms with Crippen molar-refractivity contribution < 1.29 is 4.74 Å². The average molecular weight is 263 g/mol. The molecule has 1 unspecified atom stereocenters. The third-order valence-corrected chi connectivity index (χ3v) is 3.31. The maximum atomic E-state index is 6.02. The van der Waals surface area contributed by atoms with Crippen LogP contribution in [0.25, 0.3) is 0 Å². The summed E-state index contributed by atoms with van der Waals surface area (Å²) in [5.74, 6) is 1.04. The van der Waals surface area contributed by atoms with E-state index < -0.39 is 0 Å². The molecule has 0 aliphatic rings. The van der Waals surface area contributed by atoms with Gasteiger partial charge in [0.2, 0.25) is 0 Å². The van der Waals surface area contributed by atoms with Gasteiger partial charge in [0.1, 0.15) is 5.75 Å². The molecule has 0 spiro atoms. The predicted molar refractivity (Wildman–Crippen MR) is 83.1 cm³/mol. The van der Waals surface area contributed by atoms with Crippen molar-refractivity contribution in [1.82, 2.24) is 5.32 Å². The summed E-state index contributed by atoms with van der Waals surface area (Å²) < 4.78 is 6.02. The fourth-order valence-electron chi connectivity index (χ4n) is 2.16. The van der Waals surface area contributed by atoms with Crippen LogP contribution >= 0.6 is 0 Å². The van der Waals surface area contributed by atoms with Gasteiger partial charge in [-0.3, -0.25) is 0 Å². The number of aryl methyl sites for hydroxylation is 1. The van der Waals surface area contributed by atoms with E-state index in [1.807, 2.05) is 0 Å². The van der Waals surface area contributed by atoms with Crippen LogP contribution in [0, 0.1) is 6.92 Å². The van der Waals surface area contributed by atoms with E-state index in [2.05, 4.69) is 65.1 Å². The van der Waals surface area contributed by atoms with Gasteiger partial charge in [-0.1, -0.05) is 39.8 Å². The van der Waals surface area contributed by atoms with Crippen molar-refractivity contribution in [2.45, 2.75) is 59.4 Å². The molecule has 0 saturated carbocycles. The average Bonchev–Trinajstić information content (AvgIpc) is 2.27. The van der Waals surface area contributed by atoms with E-state index in [0.29, 0.717) is 6.04 Å². The minimum Gasteiger partial charge on any atom is -0.493 e. The molecule has 0 radical (unpaired) electrons. The summed E-state index contributed by atoms with van der Waals surface area (Å²) in [7, 11) is 0. The standard InChI is InChI=1S/C17H29NO/c1-7-18-14(3)10-11-19-16-12-13(2)8-9-15(16)17(4,5)6/h8-9,12,14,18H,7,10-11H2,1-6H3. The third-order valence-electron chi connectivity index (χ3n) is 3.31. The molecule has 1 N–H and O–H groups in total. The van der Waals surface area contributed by atoms with Crippen LogP contribution in [0.2, 0.25) is 0 Å². The van der Waals surface area contributed by atoms with E-state index in [-0.39, 0.29) is 5.41 Å². The van der Waals surface area contributed by atoms with E-state index in [0.717, 1.165) is 25.3 Å². The molecule has 2 heteroatoms. The molecule has 0 saturated heterocycles. The number of hydrogen-bond donors (Lipinski definition) is 1. The van der Waals surface area contributed by atoms with Crippen molar-refractivity contribution in [1.29, 1.82) is 0 Å². The second-order valence-corrected chi connectivity index (χ2v) is 6.35. The highest BCUT2D eigenvalue weighted by Crippen LogP contribution is 2.32. The van der Waals surface area contributed by atoms with Gasteiger partial charge in [0.15, 0.2) is 0 Å². The Morgan fingerprint density at radius 3 is 2.53 bits per heavy atom. The van der Waals surface area contributed by atoms with Gasteiger partial charge in [0.05, 0.1) is 6.61 Å². The second kappa shape index (κ2) is 6.95. The largest absolute Gasteiger partial charge is 0.493 e. The lowest BCUT2D eigenvalue weighted by molar-refractivity contribution is 0.284. The lowest BCUT2D eigenvalue weighted by atomic mass is 9.86. The molecule has 0 aliphatic heterocycles. The third kappa shape index (κ3) is 5.23. The van der Waals surface area contributed by atoms with Crippen LogP contribution in [0.3, 0.4) is 0 Å². The first kappa shape index (κ1) is 16.0. The number of hydrogen-bond acceptors (Lipinski definition) is 2. The van der Waals surface area contributed by atoms with E-state index >= 15 is 0 Å². The predicted octanol–water partition coefficient (Wildman–Crippen LogP) is 4.06. The highest BCUT2D eigenvalue weighted by atomic mass is 16.5. The fourth-order valence-corrected chi connectivity index (χ4v) is 2.16. The molecule has 1 rings (SSSR count). The van der Waals surface area contributed by atoms with Crippen molar-refractivity contribution in [2.24, 2.45) is 0 Å². The van der Waals surface area contributed by atoms with E-state index in [1.165, 1.54) is 11.1 Å². The van der Waals surface area contributed by atoms with E-state index in [1.54, 1.807) is 0 Å². The number of nitrogens with one attached hydrogen (secondary N) is 1. The molecule has 0 heterocycles. The first-order valence-corrected chi connectivity index (χ1v) is 7.32. The van der Waals surface area contributed by atoms with Gasteiger partial charge in [-0.2, -0.15) is 0 Å². The van der Waals surface area contributed by atoms with Crippen molar-refractivity contribution in [3.05, 3.63) is 29.3 Å². The minimum atomic E-state index is 0.121. The first-order chi connectivity index (χ1) is 8.84. The minimum absolute atomic E-state index is 0.121.